The Morgan fingerprint density at radius 2 is 2.14 bits per heavy atom. The molecule has 0 aliphatic rings. The molecular weight excluding hydrogens is 207 g/mol. The Balaban J connectivity index is 2.76. The second-order valence-corrected chi connectivity index (χ2v) is 3.79. The first-order valence-electron chi connectivity index (χ1n) is 3.71. The minimum atomic E-state index is -0.512. The number of nitro groups is 1. The highest BCUT2D eigenvalue weighted by atomic mass is 32.1. The number of anilines is 1. The Morgan fingerprint density at radius 3 is 2.79 bits per heavy atom. The van der Waals surface area contributed by atoms with Crippen LogP contribution in [0, 0.1) is 15.9 Å². The van der Waals surface area contributed by atoms with Crippen molar-refractivity contribution in [3.8, 4) is 0 Å². The average Bonchev–Trinajstić information content (AvgIpc) is 2.47. The zero-order valence-electron chi connectivity index (χ0n) is 6.86. The molecule has 4 nitrogen and oxygen atoms in total. The lowest BCUT2D eigenvalue weighted by Gasteiger charge is -1.94. The van der Waals surface area contributed by atoms with Gasteiger partial charge in [-0.2, -0.15) is 0 Å². The molecule has 14 heavy (non-hydrogen) atoms. The van der Waals surface area contributed by atoms with Crippen LogP contribution in [0.5, 0.6) is 0 Å². The molecule has 1 aromatic carbocycles. The summed E-state index contributed by atoms with van der Waals surface area (Å²) in [7, 11) is 0. The van der Waals surface area contributed by atoms with E-state index in [1.165, 1.54) is 12.1 Å². The Kier molecular flexibility index (Phi) is 1.85. The first-order valence-corrected chi connectivity index (χ1v) is 4.52. The van der Waals surface area contributed by atoms with Crippen LogP contribution in [0.3, 0.4) is 0 Å². The van der Waals surface area contributed by atoms with E-state index in [9.17, 15) is 14.5 Å². The fraction of sp³-hybridized carbons (Fsp3) is 0. The molecule has 2 aromatic rings. The molecule has 2 N–H and O–H groups in total. The van der Waals surface area contributed by atoms with Crippen molar-refractivity contribution in [3.05, 3.63) is 34.1 Å². The Morgan fingerprint density at radius 1 is 1.43 bits per heavy atom. The van der Waals surface area contributed by atoms with E-state index in [1.54, 1.807) is 0 Å². The highest BCUT2D eigenvalue weighted by Gasteiger charge is 2.13. The van der Waals surface area contributed by atoms with Gasteiger partial charge in [0.05, 0.1) is 15.3 Å². The summed E-state index contributed by atoms with van der Waals surface area (Å²) < 4.78 is 13.4. The second-order valence-electron chi connectivity index (χ2n) is 2.76. The van der Waals surface area contributed by atoms with E-state index in [2.05, 4.69) is 0 Å². The molecule has 0 atom stereocenters. The molecule has 0 fully saturated rings. The fourth-order valence-corrected chi connectivity index (χ4v) is 2.10. The van der Waals surface area contributed by atoms with Crippen molar-refractivity contribution in [1.82, 2.24) is 0 Å². The highest BCUT2D eigenvalue weighted by molar-refractivity contribution is 7.22. The third-order valence-electron chi connectivity index (χ3n) is 1.78. The van der Waals surface area contributed by atoms with E-state index in [-0.39, 0.29) is 10.7 Å². The van der Waals surface area contributed by atoms with E-state index >= 15 is 0 Å². The lowest BCUT2D eigenvalue weighted by atomic mass is 10.2. The summed E-state index contributed by atoms with van der Waals surface area (Å²) >= 11 is 0.950. The van der Waals surface area contributed by atoms with E-state index in [0.717, 1.165) is 17.4 Å². The van der Waals surface area contributed by atoms with Crippen LogP contribution < -0.4 is 5.73 Å². The SMILES string of the molecule is Nc1cc(F)cc2cc([N+](=O)[O-])sc12. The molecular formula is C8H5FN2O2S. The van der Waals surface area contributed by atoms with E-state index in [4.69, 9.17) is 5.73 Å². The van der Waals surface area contributed by atoms with Crippen LogP contribution in [0.2, 0.25) is 0 Å². The standard InChI is InChI=1S/C8H5FN2O2S/c9-5-1-4-2-7(11(12)13)14-8(4)6(10)3-5/h1-3H,10H2. The van der Waals surface area contributed by atoms with Crippen molar-refractivity contribution in [1.29, 1.82) is 0 Å². The number of halogens is 1. The fourth-order valence-electron chi connectivity index (χ4n) is 1.22. The Bertz CT molecular complexity index is 523. The minimum absolute atomic E-state index is 0.0303. The summed E-state index contributed by atoms with van der Waals surface area (Å²) in [5.41, 5.74) is 5.75. The molecule has 0 radical (unpaired) electrons. The van der Waals surface area contributed by atoms with Gasteiger partial charge in [-0.25, -0.2) is 4.39 Å². The summed E-state index contributed by atoms with van der Waals surface area (Å²) in [6.45, 7) is 0. The first-order chi connectivity index (χ1) is 6.58. The van der Waals surface area contributed by atoms with Gasteiger partial charge in [0.25, 0.3) is 0 Å². The molecule has 72 valence electrons. The van der Waals surface area contributed by atoms with Crippen LogP contribution in [-0.2, 0) is 0 Å². The van der Waals surface area contributed by atoms with Crippen molar-refractivity contribution in [2.45, 2.75) is 0 Å². The maximum atomic E-state index is 12.9. The minimum Gasteiger partial charge on any atom is -0.397 e. The molecule has 0 bridgehead atoms. The molecule has 0 saturated heterocycles. The lowest BCUT2D eigenvalue weighted by molar-refractivity contribution is -0.380. The van der Waals surface area contributed by atoms with Crippen LogP contribution in [-0.4, -0.2) is 4.92 Å². The number of nitrogens with zero attached hydrogens (tertiary/aromatic N) is 1. The van der Waals surface area contributed by atoms with Gasteiger partial charge in [0.15, 0.2) is 0 Å². The maximum absolute atomic E-state index is 12.9. The number of rotatable bonds is 1. The number of hydrogen-bond donors (Lipinski definition) is 1. The van der Waals surface area contributed by atoms with Crippen molar-refractivity contribution >= 4 is 32.1 Å². The average molecular weight is 212 g/mol. The Labute approximate surface area is 81.9 Å². The zero-order valence-corrected chi connectivity index (χ0v) is 7.68. The lowest BCUT2D eigenvalue weighted by Crippen LogP contribution is -1.85. The van der Waals surface area contributed by atoms with E-state index in [0.29, 0.717) is 10.1 Å². The topological polar surface area (TPSA) is 69.2 Å². The first kappa shape index (κ1) is 8.89. The summed E-state index contributed by atoms with van der Waals surface area (Å²) in [6.07, 6.45) is 0. The predicted molar refractivity (Wildman–Crippen MR) is 52.8 cm³/mol. The van der Waals surface area contributed by atoms with E-state index < -0.39 is 10.7 Å². The van der Waals surface area contributed by atoms with Crippen LogP contribution >= 0.6 is 11.3 Å². The van der Waals surface area contributed by atoms with Gasteiger partial charge in [-0.1, -0.05) is 11.3 Å². The quantitative estimate of drug-likeness (QED) is 0.448. The largest absolute Gasteiger partial charge is 0.397 e. The number of hydrogen-bond acceptors (Lipinski definition) is 4. The summed E-state index contributed by atoms with van der Waals surface area (Å²) in [5, 5.41) is 10.9. The molecule has 0 saturated carbocycles. The molecule has 1 aromatic heterocycles. The molecule has 6 heteroatoms. The molecule has 0 aliphatic heterocycles. The molecule has 0 spiro atoms. The van der Waals surface area contributed by atoms with Gasteiger partial charge >= 0.3 is 5.00 Å². The van der Waals surface area contributed by atoms with Crippen LogP contribution in [0.15, 0.2) is 18.2 Å². The smallest absolute Gasteiger partial charge is 0.325 e. The summed E-state index contributed by atoms with van der Waals surface area (Å²) in [5.74, 6) is -0.484. The van der Waals surface area contributed by atoms with Crippen molar-refractivity contribution < 1.29 is 9.31 Å². The van der Waals surface area contributed by atoms with Gasteiger partial charge in [-0.3, -0.25) is 10.1 Å². The van der Waals surface area contributed by atoms with Crippen molar-refractivity contribution in [3.63, 3.8) is 0 Å². The van der Waals surface area contributed by atoms with Crippen LogP contribution in [0.25, 0.3) is 10.1 Å². The zero-order chi connectivity index (χ0) is 10.3. The van der Waals surface area contributed by atoms with E-state index in [1.807, 2.05) is 0 Å². The normalized spacial score (nSPS) is 10.6. The second kappa shape index (κ2) is 2.91. The summed E-state index contributed by atoms with van der Waals surface area (Å²) in [6, 6.07) is 3.71. The van der Waals surface area contributed by atoms with Crippen LogP contribution in [0.4, 0.5) is 15.1 Å². The van der Waals surface area contributed by atoms with Gasteiger partial charge in [0, 0.05) is 11.5 Å². The number of fused-ring (bicyclic) bond motifs is 1. The number of thiophene rings is 1. The summed E-state index contributed by atoms with van der Waals surface area (Å²) in [4.78, 5) is 9.94. The number of nitrogens with two attached hydrogens (primary N) is 1. The molecule has 0 amide bonds. The van der Waals surface area contributed by atoms with Gasteiger partial charge in [-0.05, 0) is 12.1 Å². The molecule has 1 heterocycles. The van der Waals surface area contributed by atoms with Crippen LogP contribution in [0.1, 0.15) is 0 Å². The van der Waals surface area contributed by atoms with Gasteiger partial charge in [0.1, 0.15) is 5.82 Å². The monoisotopic (exact) mass is 212 g/mol. The van der Waals surface area contributed by atoms with Gasteiger partial charge in [0.2, 0.25) is 0 Å². The third kappa shape index (κ3) is 1.29. The number of nitrogen functional groups attached to an aromatic ring is 1. The van der Waals surface area contributed by atoms with Gasteiger partial charge in [-0.15, -0.1) is 0 Å². The molecule has 0 aliphatic carbocycles. The maximum Gasteiger partial charge on any atom is 0.325 e. The van der Waals surface area contributed by atoms with Gasteiger partial charge < -0.3 is 5.73 Å². The molecule has 0 unspecified atom stereocenters. The van der Waals surface area contributed by atoms with Crippen molar-refractivity contribution in [2.24, 2.45) is 0 Å². The predicted octanol–water partition coefficient (Wildman–Crippen LogP) is 2.53. The highest BCUT2D eigenvalue weighted by Crippen LogP contribution is 2.35. The van der Waals surface area contributed by atoms with Crippen molar-refractivity contribution in [2.75, 3.05) is 5.73 Å². The Hall–Kier alpha value is -1.69. The number of benzene rings is 1. The third-order valence-corrected chi connectivity index (χ3v) is 2.93. The molecule has 2 rings (SSSR count).